The number of rotatable bonds is 4. The molecule has 0 aliphatic rings. The average molecular weight is 349 g/mol. The van der Waals surface area contributed by atoms with Crippen LogP contribution >= 0.6 is 27.7 Å². The number of nitrogens with zero attached hydrogens (tertiary/aromatic N) is 2. The van der Waals surface area contributed by atoms with Crippen molar-refractivity contribution >= 4 is 43.7 Å². The molecule has 0 unspecified atom stereocenters. The number of thioether (sulfide) groups is 1. The summed E-state index contributed by atoms with van der Waals surface area (Å²) in [5.74, 6) is 0.0966. The molecule has 18 heavy (non-hydrogen) atoms. The lowest BCUT2D eigenvalue weighted by molar-refractivity contribution is 0.600. The van der Waals surface area contributed by atoms with Crippen molar-refractivity contribution < 1.29 is 8.42 Å². The summed E-state index contributed by atoms with van der Waals surface area (Å²) in [6.45, 7) is 0. The van der Waals surface area contributed by atoms with Crippen LogP contribution in [-0.4, -0.2) is 29.9 Å². The molecule has 2 N–H and O–H groups in total. The van der Waals surface area contributed by atoms with E-state index in [1.807, 2.05) is 0 Å². The standard InChI is InChI=1S/C9H9BrN4O2S2/c1-17-9-11-8(12-13-9)14-18(15,16)7-4-2-3-6(10)5-7/h2-5H,1H3,(H2,11,12,13,14). The first-order valence-electron chi connectivity index (χ1n) is 4.76. The molecule has 1 heterocycles. The van der Waals surface area contributed by atoms with E-state index in [4.69, 9.17) is 0 Å². The van der Waals surface area contributed by atoms with Crippen molar-refractivity contribution in [1.82, 2.24) is 15.2 Å². The number of aromatic amines is 1. The maximum Gasteiger partial charge on any atom is 0.264 e. The Labute approximate surface area is 117 Å². The second-order valence-electron chi connectivity index (χ2n) is 3.23. The van der Waals surface area contributed by atoms with Crippen LogP contribution < -0.4 is 4.72 Å². The molecule has 0 amide bonds. The van der Waals surface area contributed by atoms with Crippen molar-refractivity contribution in [2.24, 2.45) is 0 Å². The fraction of sp³-hybridized carbons (Fsp3) is 0.111. The maximum absolute atomic E-state index is 12.0. The number of anilines is 1. The largest absolute Gasteiger partial charge is 0.264 e. The Balaban J connectivity index is 2.27. The molecule has 1 aromatic heterocycles. The van der Waals surface area contributed by atoms with Gasteiger partial charge in [-0.2, -0.15) is 4.98 Å². The van der Waals surface area contributed by atoms with E-state index in [1.165, 1.54) is 23.9 Å². The van der Waals surface area contributed by atoms with E-state index in [9.17, 15) is 8.42 Å². The Kier molecular flexibility index (Phi) is 3.93. The Morgan fingerprint density at radius 1 is 1.44 bits per heavy atom. The Hall–Kier alpha value is -1.06. The van der Waals surface area contributed by atoms with Crippen LogP contribution in [0.1, 0.15) is 0 Å². The molecule has 9 heteroatoms. The van der Waals surface area contributed by atoms with E-state index in [0.29, 0.717) is 9.63 Å². The van der Waals surface area contributed by atoms with E-state index in [0.717, 1.165) is 0 Å². The molecule has 6 nitrogen and oxygen atoms in total. The van der Waals surface area contributed by atoms with Crippen molar-refractivity contribution in [3.05, 3.63) is 28.7 Å². The molecule has 0 aliphatic heterocycles. The van der Waals surface area contributed by atoms with Gasteiger partial charge in [0.25, 0.3) is 10.0 Å². The highest BCUT2D eigenvalue weighted by Gasteiger charge is 2.16. The van der Waals surface area contributed by atoms with E-state index >= 15 is 0 Å². The van der Waals surface area contributed by atoms with Crippen molar-refractivity contribution in [2.45, 2.75) is 10.1 Å². The van der Waals surface area contributed by atoms with Gasteiger partial charge >= 0.3 is 0 Å². The summed E-state index contributed by atoms with van der Waals surface area (Å²) in [6.07, 6.45) is 1.80. The summed E-state index contributed by atoms with van der Waals surface area (Å²) in [5.41, 5.74) is 0. The van der Waals surface area contributed by atoms with Crippen LogP contribution in [0.5, 0.6) is 0 Å². The zero-order valence-electron chi connectivity index (χ0n) is 9.21. The molecule has 0 atom stereocenters. The summed E-state index contributed by atoms with van der Waals surface area (Å²) in [5, 5.41) is 6.81. The van der Waals surface area contributed by atoms with Gasteiger partial charge < -0.3 is 0 Å². The summed E-state index contributed by atoms with van der Waals surface area (Å²) >= 11 is 4.54. The molecule has 0 saturated carbocycles. The number of hydrogen-bond donors (Lipinski definition) is 2. The lowest BCUT2D eigenvalue weighted by Crippen LogP contribution is -2.13. The second-order valence-corrected chi connectivity index (χ2v) is 6.61. The van der Waals surface area contributed by atoms with Crippen LogP contribution in [0.25, 0.3) is 0 Å². The van der Waals surface area contributed by atoms with E-state index < -0.39 is 10.0 Å². The van der Waals surface area contributed by atoms with Crippen LogP contribution in [0.2, 0.25) is 0 Å². The maximum atomic E-state index is 12.0. The molecular weight excluding hydrogens is 340 g/mol. The third kappa shape index (κ3) is 3.03. The Bertz CT molecular complexity index is 656. The van der Waals surface area contributed by atoms with Crippen LogP contribution in [0, 0.1) is 0 Å². The minimum Gasteiger partial charge on any atom is -0.248 e. The summed E-state index contributed by atoms with van der Waals surface area (Å²) in [7, 11) is -3.65. The lowest BCUT2D eigenvalue weighted by atomic mass is 10.4. The van der Waals surface area contributed by atoms with E-state index in [1.54, 1.807) is 18.4 Å². The number of halogens is 1. The van der Waals surface area contributed by atoms with Gasteiger partial charge in [-0.1, -0.05) is 33.8 Å². The monoisotopic (exact) mass is 348 g/mol. The van der Waals surface area contributed by atoms with Crippen LogP contribution in [-0.2, 0) is 10.0 Å². The third-order valence-corrected chi connectivity index (χ3v) is 4.36. The molecule has 0 radical (unpaired) electrons. The average Bonchev–Trinajstić information content (AvgIpc) is 2.76. The molecule has 96 valence electrons. The third-order valence-electron chi connectivity index (χ3n) is 1.98. The number of nitrogens with one attached hydrogen (secondary N) is 2. The summed E-state index contributed by atoms with van der Waals surface area (Å²) in [4.78, 5) is 4.11. The number of aromatic nitrogens is 3. The molecule has 0 bridgehead atoms. The first kappa shape index (κ1) is 13.4. The van der Waals surface area contributed by atoms with Crippen LogP contribution in [0.4, 0.5) is 5.95 Å². The zero-order valence-corrected chi connectivity index (χ0v) is 12.4. The first-order chi connectivity index (χ1) is 8.51. The second kappa shape index (κ2) is 5.29. The minimum atomic E-state index is -3.65. The molecule has 0 aliphatic carbocycles. The SMILES string of the molecule is CSc1n[nH]c(NS(=O)(=O)c2cccc(Br)c2)n1. The zero-order chi connectivity index (χ0) is 13.2. The molecular formula is C9H9BrN4O2S2. The highest BCUT2D eigenvalue weighted by Crippen LogP contribution is 2.18. The van der Waals surface area contributed by atoms with Gasteiger partial charge in [0, 0.05) is 4.47 Å². The van der Waals surface area contributed by atoms with Crippen molar-refractivity contribution in [3.8, 4) is 0 Å². The first-order valence-corrected chi connectivity index (χ1v) is 8.26. The summed E-state index contributed by atoms with van der Waals surface area (Å²) < 4.78 is 27.1. The van der Waals surface area contributed by atoms with E-state index in [2.05, 4.69) is 35.8 Å². The van der Waals surface area contributed by atoms with Crippen molar-refractivity contribution in [1.29, 1.82) is 0 Å². The Morgan fingerprint density at radius 2 is 2.22 bits per heavy atom. The quantitative estimate of drug-likeness (QED) is 0.826. The summed E-state index contributed by atoms with van der Waals surface area (Å²) in [6, 6.07) is 6.40. The number of hydrogen-bond acceptors (Lipinski definition) is 5. The number of sulfonamides is 1. The van der Waals surface area contributed by atoms with Gasteiger partial charge in [0.2, 0.25) is 11.1 Å². The number of benzene rings is 1. The van der Waals surface area contributed by atoms with Gasteiger partial charge in [0.1, 0.15) is 0 Å². The fourth-order valence-electron chi connectivity index (χ4n) is 1.20. The predicted octanol–water partition coefficient (Wildman–Crippen LogP) is 2.09. The molecule has 2 rings (SSSR count). The highest BCUT2D eigenvalue weighted by molar-refractivity contribution is 9.10. The molecule has 0 fully saturated rings. The predicted molar refractivity (Wildman–Crippen MR) is 73.1 cm³/mol. The van der Waals surface area contributed by atoms with Gasteiger partial charge in [0.15, 0.2) is 0 Å². The highest BCUT2D eigenvalue weighted by atomic mass is 79.9. The number of H-pyrrole nitrogens is 1. The van der Waals surface area contributed by atoms with Gasteiger partial charge in [-0.15, -0.1) is 5.10 Å². The molecule has 0 saturated heterocycles. The van der Waals surface area contributed by atoms with Crippen LogP contribution in [0.15, 0.2) is 38.8 Å². The topological polar surface area (TPSA) is 87.7 Å². The molecule has 0 spiro atoms. The van der Waals surface area contributed by atoms with Gasteiger partial charge in [-0.05, 0) is 24.5 Å². The normalized spacial score (nSPS) is 11.4. The van der Waals surface area contributed by atoms with Gasteiger partial charge in [0.05, 0.1) is 4.90 Å². The molecule has 1 aromatic carbocycles. The van der Waals surface area contributed by atoms with Gasteiger partial charge in [-0.3, -0.25) is 0 Å². The Morgan fingerprint density at radius 3 is 2.83 bits per heavy atom. The molecule has 2 aromatic rings. The van der Waals surface area contributed by atoms with Crippen molar-refractivity contribution in [2.75, 3.05) is 11.0 Å². The van der Waals surface area contributed by atoms with Crippen molar-refractivity contribution in [3.63, 3.8) is 0 Å². The van der Waals surface area contributed by atoms with Crippen LogP contribution in [0.3, 0.4) is 0 Å². The van der Waals surface area contributed by atoms with E-state index in [-0.39, 0.29) is 10.8 Å². The lowest BCUT2D eigenvalue weighted by Gasteiger charge is -2.04. The fourth-order valence-corrected chi connectivity index (χ4v) is 3.08. The van der Waals surface area contributed by atoms with Gasteiger partial charge in [-0.25, -0.2) is 18.2 Å². The smallest absolute Gasteiger partial charge is 0.248 e. The minimum absolute atomic E-state index is 0.0966.